The van der Waals surface area contributed by atoms with Gasteiger partial charge >= 0.3 is 5.97 Å². The normalized spacial score (nSPS) is 23.8. The summed E-state index contributed by atoms with van der Waals surface area (Å²) >= 11 is 0. The largest absolute Gasteiger partial charge is 0.493 e. The van der Waals surface area contributed by atoms with Crippen LogP contribution in [0.15, 0.2) is 12.1 Å². The summed E-state index contributed by atoms with van der Waals surface area (Å²) in [5, 5.41) is 21.2. The fourth-order valence-corrected chi connectivity index (χ4v) is 4.26. The summed E-state index contributed by atoms with van der Waals surface area (Å²) in [5.74, 6) is -1.18. The molecule has 0 unspecified atom stereocenters. The number of aliphatic carboxylic acids is 1. The van der Waals surface area contributed by atoms with E-state index in [1.807, 2.05) is 0 Å². The summed E-state index contributed by atoms with van der Waals surface area (Å²) in [7, 11) is 1.39. The lowest BCUT2D eigenvalue weighted by Gasteiger charge is -2.23. The standard InChI is InChI=1S/C18H22N2O7/c1-3-27-15-8-13(20(24)25)12(7-14(15)26-2)16(21)19-9-11-5-4-6-18(11,10-19)17(22)23/h7-8,11H,3-6,9-10H2,1-2H3,(H,22,23)/t11-,18+/m0/s1. The van der Waals surface area contributed by atoms with Gasteiger partial charge in [0.1, 0.15) is 5.56 Å². The second-order valence-corrected chi connectivity index (χ2v) is 6.95. The van der Waals surface area contributed by atoms with Crippen molar-refractivity contribution in [1.29, 1.82) is 0 Å². The molecule has 0 radical (unpaired) electrons. The molecule has 1 aliphatic heterocycles. The lowest BCUT2D eigenvalue weighted by Crippen LogP contribution is -2.37. The molecule has 1 N–H and O–H groups in total. The van der Waals surface area contributed by atoms with Gasteiger partial charge in [-0.2, -0.15) is 0 Å². The second-order valence-electron chi connectivity index (χ2n) is 6.95. The number of hydrogen-bond donors (Lipinski definition) is 1. The van der Waals surface area contributed by atoms with E-state index in [2.05, 4.69) is 0 Å². The number of ether oxygens (including phenoxy) is 2. The van der Waals surface area contributed by atoms with E-state index in [0.29, 0.717) is 6.42 Å². The zero-order valence-electron chi connectivity index (χ0n) is 15.3. The average molecular weight is 378 g/mol. The highest BCUT2D eigenvalue weighted by Gasteiger charge is 2.56. The quantitative estimate of drug-likeness (QED) is 0.596. The molecule has 3 rings (SSSR count). The zero-order valence-corrected chi connectivity index (χ0v) is 15.3. The Labute approximate surface area is 156 Å². The van der Waals surface area contributed by atoms with Crippen LogP contribution < -0.4 is 9.47 Å². The Morgan fingerprint density at radius 2 is 2.15 bits per heavy atom. The molecule has 0 aromatic heterocycles. The number of amides is 1. The van der Waals surface area contributed by atoms with Crippen LogP contribution in [0.3, 0.4) is 0 Å². The summed E-state index contributed by atoms with van der Waals surface area (Å²) in [5.41, 5.74) is -1.45. The summed E-state index contributed by atoms with van der Waals surface area (Å²) in [6.07, 6.45) is 2.08. The highest BCUT2D eigenvalue weighted by molar-refractivity contribution is 5.99. The second kappa shape index (κ2) is 7.05. The van der Waals surface area contributed by atoms with Crippen molar-refractivity contribution in [3.8, 4) is 11.5 Å². The molecule has 9 nitrogen and oxygen atoms in total. The van der Waals surface area contributed by atoms with Gasteiger partial charge in [-0.3, -0.25) is 19.7 Å². The Hall–Kier alpha value is -2.84. The third-order valence-corrected chi connectivity index (χ3v) is 5.59. The van der Waals surface area contributed by atoms with Crippen molar-refractivity contribution in [2.75, 3.05) is 26.8 Å². The highest BCUT2D eigenvalue weighted by Crippen LogP contribution is 2.49. The third-order valence-electron chi connectivity index (χ3n) is 5.59. The van der Waals surface area contributed by atoms with E-state index < -0.39 is 22.2 Å². The maximum Gasteiger partial charge on any atom is 0.311 e. The van der Waals surface area contributed by atoms with Gasteiger partial charge in [0.15, 0.2) is 11.5 Å². The number of carbonyl (C=O) groups is 2. The Morgan fingerprint density at radius 3 is 2.70 bits per heavy atom. The number of nitro benzene ring substituents is 1. The van der Waals surface area contributed by atoms with Crippen molar-refractivity contribution >= 4 is 17.6 Å². The molecule has 1 aromatic rings. The van der Waals surface area contributed by atoms with Crippen LogP contribution >= 0.6 is 0 Å². The fourth-order valence-electron chi connectivity index (χ4n) is 4.26. The molecule has 2 atom stereocenters. The van der Waals surface area contributed by atoms with Gasteiger partial charge in [0.2, 0.25) is 0 Å². The molecule has 1 aromatic carbocycles. The molecule has 1 saturated carbocycles. The van der Waals surface area contributed by atoms with Crippen molar-refractivity contribution in [2.24, 2.45) is 11.3 Å². The number of fused-ring (bicyclic) bond motifs is 1. The topological polar surface area (TPSA) is 119 Å². The van der Waals surface area contributed by atoms with Crippen LogP contribution in [-0.4, -0.2) is 53.6 Å². The lowest BCUT2D eigenvalue weighted by atomic mass is 9.81. The monoisotopic (exact) mass is 378 g/mol. The molecule has 2 aliphatic rings. The van der Waals surface area contributed by atoms with Crippen molar-refractivity contribution in [1.82, 2.24) is 4.90 Å². The Kier molecular flexibility index (Phi) is 4.95. The minimum Gasteiger partial charge on any atom is -0.493 e. The van der Waals surface area contributed by atoms with Gasteiger partial charge in [-0.15, -0.1) is 0 Å². The molecule has 1 saturated heterocycles. The first kappa shape index (κ1) is 18.9. The van der Waals surface area contributed by atoms with Crippen molar-refractivity contribution in [3.05, 3.63) is 27.8 Å². The maximum absolute atomic E-state index is 13.0. The van der Waals surface area contributed by atoms with E-state index in [9.17, 15) is 24.8 Å². The summed E-state index contributed by atoms with van der Waals surface area (Å²) in [4.78, 5) is 37.1. The number of benzene rings is 1. The molecule has 1 aliphatic carbocycles. The molecule has 1 amide bonds. The molecule has 146 valence electrons. The Morgan fingerprint density at radius 1 is 1.41 bits per heavy atom. The van der Waals surface area contributed by atoms with E-state index in [4.69, 9.17) is 9.47 Å². The SMILES string of the molecule is CCOc1cc([N+](=O)[O-])c(C(=O)N2C[C@@H]3CCC[C@@]3(C(=O)O)C2)cc1OC. The number of nitrogens with zero attached hydrogens (tertiary/aromatic N) is 2. The van der Waals surface area contributed by atoms with Crippen molar-refractivity contribution in [3.63, 3.8) is 0 Å². The van der Waals surface area contributed by atoms with Gasteiger partial charge in [0.25, 0.3) is 11.6 Å². The van der Waals surface area contributed by atoms with Crippen LogP contribution in [0.1, 0.15) is 36.5 Å². The van der Waals surface area contributed by atoms with Gasteiger partial charge in [0.05, 0.1) is 30.1 Å². The minimum atomic E-state index is -0.945. The van der Waals surface area contributed by atoms with Crippen LogP contribution in [0.4, 0.5) is 5.69 Å². The smallest absolute Gasteiger partial charge is 0.311 e. The number of rotatable bonds is 6. The van der Waals surface area contributed by atoms with E-state index in [-0.39, 0.29) is 48.4 Å². The number of methoxy groups -OCH3 is 1. The van der Waals surface area contributed by atoms with Gasteiger partial charge in [-0.25, -0.2) is 0 Å². The first-order valence-electron chi connectivity index (χ1n) is 8.86. The van der Waals surface area contributed by atoms with E-state index in [1.54, 1.807) is 6.92 Å². The van der Waals surface area contributed by atoms with Crippen LogP contribution in [0.25, 0.3) is 0 Å². The molecule has 0 bridgehead atoms. The molecule has 1 heterocycles. The number of carboxylic acid groups (broad SMARTS) is 1. The summed E-state index contributed by atoms with van der Waals surface area (Å²) < 4.78 is 10.6. The van der Waals surface area contributed by atoms with Crippen LogP contribution in [0, 0.1) is 21.4 Å². The predicted molar refractivity (Wildman–Crippen MR) is 94.1 cm³/mol. The van der Waals surface area contributed by atoms with Gasteiger partial charge in [-0.05, 0) is 25.7 Å². The van der Waals surface area contributed by atoms with E-state index in [1.165, 1.54) is 24.1 Å². The average Bonchev–Trinajstić information content (AvgIpc) is 3.19. The highest BCUT2D eigenvalue weighted by atomic mass is 16.6. The van der Waals surface area contributed by atoms with Gasteiger partial charge < -0.3 is 19.5 Å². The molecule has 2 fully saturated rings. The summed E-state index contributed by atoms with van der Waals surface area (Å²) in [6.45, 7) is 2.38. The number of carboxylic acids is 1. The van der Waals surface area contributed by atoms with E-state index in [0.717, 1.165) is 12.8 Å². The third kappa shape index (κ3) is 3.07. The molecular weight excluding hydrogens is 356 g/mol. The van der Waals surface area contributed by atoms with Crippen molar-refractivity contribution in [2.45, 2.75) is 26.2 Å². The summed E-state index contributed by atoms with van der Waals surface area (Å²) in [6, 6.07) is 2.48. The number of carbonyl (C=O) groups excluding carboxylic acids is 1. The van der Waals surface area contributed by atoms with E-state index >= 15 is 0 Å². The van der Waals surface area contributed by atoms with Gasteiger partial charge in [0, 0.05) is 19.2 Å². The molecular formula is C18H22N2O7. The number of likely N-dealkylation sites (tertiary alicyclic amines) is 1. The van der Waals surface area contributed by atoms with Crippen LogP contribution in [-0.2, 0) is 4.79 Å². The fraction of sp³-hybridized carbons (Fsp3) is 0.556. The number of nitro groups is 1. The molecule has 9 heteroatoms. The van der Waals surface area contributed by atoms with Crippen molar-refractivity contribution < 1.29 is 29.1 Å². The Bertz CT molecular complexity index is 794. The first-order valence-corrected chi connectivity index (χ1v) is 8.86. The van der Waals surface area contributed by atoms with Crippen LogP contribution in [0.2, 0.25) is 0 Å². The lowest BCUT2D eigenvalue weighted by molar-refractivity contribution is -0.385. The van der Waals surface area contributed by atoms with Gasteiger partial charge in [-0.1, -0.05) is 6.42 Å². The zero-order chi connectivity index (χ0) is 19.8. The minimum absolute atomic E-state index is 0.0680. The predicted octanol–water partition coefficient (Wildman–Crippen LogP) is 2.33. The molecule has 27 heavy (non-hydrogen) atoms. The molecule has 0 spiro atoms. The number of hydrogen-bond acceptors (Lipinski definition) is 6. The Balaban J connectivity index is 1.97. The maximum atomic E-state index is 13.0. The first-order chi connectivity index (χ1) is 12.8. The van der Waals surface area contributed by atoms with Crippen LogP contribution in [0.5, 0.6) is 11.5 Å².